The number of benzene rings is 5. The lowest BCUT2D eigenvalue weighted by atomic mass is 10.1. The van der Waals surface area contributed by atoms with Gasteiger partial charge in [0.05, 0.1) is 29.4 Å². The molecule has 0 aliphatic rings. The summed E-state index contributed by atoms with van der Waals surface area (Å²) in [4.78, 5) is 33.9. The molecule has 0 radical (unpaired) electrons. The van der Waals surface area contributed by atoms with E-state index in [2.05, 4.69) is 35.8 Å². The monoisotopic (exact) mass is 986 g/mol. The molecule has 27 nitrogen and oxygen atoms in total. The van der Waals surface area contributed by atoms with Crippen molar-refractivity contribution in [1.82, 2.24) is 9.78 Å². The van der Waals surface area contributed by atoms with Gasteiger partial charge in [-0.3, -0.25) is 23.6 Å². The molecule has 0 spiro atoms. The lowest BCUT2D eigenvalue weighted by Crippen LogP contribution is -2.14. The minimum Gasteiger partial charge on any atom is -0.505 e. The number of aromatic carboxylic acids is 2. The number of carboxylic acids is 2. The van der Waals surface area contributed by atoms with E-state index in [1.807, 2.05) is 0 Å². The van der Waals surface area contributed by atoms with E-state index in [0.29, 0.717) is 10.7 Å². The van der Waals surface area contributed by atoms with Crippen molar-refractivity contribution in [2.45, 2.75) is 14.7 Å². The highest BCUT2D eigenvalue weighted by Crippen LogP contribution is 2.47. The van der Waals surface area contributed by atoms with Crippen LogP contribution in [0.1, 0.15) is 20.8 Å². The van der Waals surface area contributed by atoms with Crippen LogP contribution in [0.2, 0.25) is 0 Å². The van der Waals surface area contributed by atoms with Gasteiger partial charge in [-0.15, -0.1) is 30.7 Å². The first-order valence-corrected chi connectivity index (χ1v) is 22.5. The van der Waals surface area contributed by atoms with Crippen molar-refractivity contribution in [3.05, 3.63) is 100 Å². The predicted molar refractivity (Wildman–Crippen MR) is 226 cm³/mol. The van der Waals surface area contributed by atoms with E-state index < -0.39 is 122 Å². The summed E-state index contributed by atoms with van der Waals surface area (Å²) in [6.45, 7) is -1.82. The van der Waals surface area contributed by atoms with Crippen LogP contribution in [0.4, 0.5) is 34.1 Å². The second kappa shape index (κ2) is 19.3. The molecule has 5 aromatic carbocycles. The van der Waals surface area contributed by atoms with Crippen molar-refractivity contribution in [2.75, 3.05) is 26.4 Å². The summed E-state index contributed by atoms with van der Waals surface area (Å²) in [5.74, 6) is -4.75. The maximum atomic E-state index is 13.3. The zero-order valence-electron chi connectivity index (χ0n) is 33.3. The number of hydrogen-bond donors (Lipinski definition) is 9. The van der Waals surface area contributed by atoms with Gasteiger partial charge in [0, 0.05) is 22.9 Å². The van der Waals surface area contributed by atoms with Gasteiger partial charge in [-0.05, 0) is 54.6 Å². The average molecular weight is 987 g/mol. The van der Waals surface area contributed by atoms with Gasteiger partial charge in [-0.1, -0.05) is 12.1 Å². The molecule has 67 heavy (non-hydrogen) atoms. The summed E-state index contributed by atoms with van der Waals surface area (Å²) in [5, 5.41) is 73.4. The molecule has 1 aromatic heterocycles. The highest BCUT2D eigenvalue weighted by molar-refractivity contribution is 7.86. The fraction of sp³-hybridized carbons (Fsp3) is 0.108. The number of phenolic OH excluding ortho intramolecular Hbond substituents is 1. The van der Waals surface area contributed by atoms with E-state index in [9.17, 15) is 78.8 Å². The molecule has 0 bridgehead atoms. The Labute approximate surface area is 374 Å². The third-order valence-electron chi connectivity index (χ3n) is 8.83. The predicted octanol–water partition coefficient (Wildman–Crippen LogP) is 5.15. The first kappa shape index (κ1) is 48.6. The summed E-state index contributed by atoms with van der Waals surface area (Å²) >= 11 is 0. The number of nitrogens with zero attached hydrogens (tertiary/aromatic N) is 7. The van der Waals surface area contributed by atoms with Crippen LogP contribution in [0.3, 0.4) is 0 Å². The minimum atomic E-state index is -5.55. The minimum absolute atomic E-state index is 0.0781. The van der Waals surface area contributed by atoms with Crippen molar-refractivity contribution in [3.8, 4) is 22.9 Å². The van der Waals surface area contributed by atoms with Crippen LogP contribution in [0, 0.1) is 0 Å². The second-order valence-corrected chi connectivity index (χ2v) is 17.3. The average Bonchev–Trinajstić information content (AvgIpc) is 3.60. The quantitative estimate of drug-likeness (QED) is 0.0397. The summed E-state index contributed by atoms with van der Waals surface area (Å²) < 4.78 is 116. The van der Waals surface area contributed by atoms with Crippen molar-refractivity contribution < 1.29 is 83.5 Å². The summed E-state index contributed by atoms with van der Waals surface area (Å²) in [6, 6.07) is 13.7. The van der Waals surface area contributed by atoms with Crippen LogP contribution in [0.5, 0.6) is 17.2 Å². The lowest BCUT2D eigenvalue weighted by molar-refractivity contribution is 0.0683. The second-order valence-electron chi connectivity index (χ2n) is 13.1. The summed E-state index contributed by atoms with van der Waals surface area (Å²) in [6.07, 6.45) is 0. The molecular formula is C37H30N8O19S3. The van der Waals surface area contributed by atoms with Gasteiger partial charge in [-0.25, -0.2) is 14.3 Å². The molecule has 30 heteroatoms. The van der Waals surface area contributed by atoms with Gasteiger partial charge < -0.3 is 35.0 Å². The normalized spacial score (nSPS) is 12.4. The van der Waals surface area contributed by atoms with E-state index in [1.165, 1.54) is 24.3 Å². The first-order valence-electron chi connectivity index (χ1n) is 18.2. The van der Waals surface area contributed by atoms with Gasteiger partial charge in [0.15, 0.2) is 17.1 Å². The number of carbonyl (C=O) groups is 2. The van der Waals surface area contributed by atoms with Crippen molar-refractivity contribution in [3.63, 3.8) is 0 Å². The molecule has 0 unspecified atom stereocenters. The number of aliphatic hydroxyl groups is 2. The maximum absolute atomic E-state index is 13.3. The number of aromatic hydroxyl groups is 1. The fourth-order valence-electron chi connectivity index (χ4n) is 5.94. The van der Waals surface area contributed by atoms with Gasteiger partial charge in [-0.2, -0.15) is 25.3 Å². The van der Waals surface area contributed by atoms with E-state index >= 15 is 0 Å². The Morgan fingerprint density at radius 1 is 0.612 bits per heavy atom. The Morgan fingerprint density at radius 2 is 1.16 bits per heavy atom. The number of aromatic nitrogens is 2. The molecule has 6 aromatic rings. The van der Waals surface area contributed by atoms with Gasteiger partial charge in [0.1, 0.15) is 62.9 Å². The van der Waals surface area contributed by atoms with Crippen LogP contribution in [-0.2, 0) is 30.4 Å². The zero-order valence-corrected chi connectivity index (χ0v) is 35.7. The first-order chi connectivity index (χ1) is 31.5. The number of H-pyrrole nitrogens is 1. The number of hydrogen-bond acceptors (Lipinski definition) is 20. The number of azo groups is 3. The molecular weight excluding hydrogens is 957 g/mol. The standard InChI is InChI=1S/C37H30N8O19S3/c46-11-13-63-27-17-26(28(64-14-12-47)16-25(27)40-38-23-4-2-1-3-21(23)36(50)51)41-42-30-29(66(57,58)59)15-22-20(33(30)48)9-10-24(34(22)67(60,61)62)39-43-31-32(37(52)53)44-45(35(31)49)18-5-7-19(8-6-18)65(54,55)56/h1-10,15-17,44,46-48H,11-14H2,(H,50,51)(H,52,53)(H,54,55,56)(H,57,58,59)(H,60,61,62). The third-order valence-corrected chi connectivity index (χ3v) is 11.5. The van der Waals surface area contributed by atoms with Crippen molar-refractivity contribution >= 4 is 87.2 Å². The van der Waals surface area contributed by atoms with Crippen LogP contribution in [-0.4, -0.2) is 113 Å². The SMILES string of the molecule is O=C(O)c1ccccc1N=Nc1cc(OCCO)c(N=Nc2c(S(=O)(=O)O)cc3c(S(=O)(=O)O)c(N=Nc4c(C(=O)O)[nH]n(-c5ccc(S(=O)(=O)O)cc5)c4=O)ccc3c2O)cc1OCCO. The molecule has 1 heterocycles. The van der Waals surface area contributed by atoms with E-state index in [1.54, 1.807) is 0 Å². The maximum Gasteiger partial charge on any atom is 0.356 e. The Hall–Kier alpha value is -7.84. The van der Waals surface area contributed by atoms with E-state index in [-0.39, 0.29) is 46.4 Å². The molecule has 0 aliphatic heterocycles. The number of fused-ring (bicyclic) bond motifs is 1. The molecule has 0 saturated carbocycles. The van der Waals surface area contributed by atoms with Crippen LogP contribution in [0.15, 0.2) is 129 Å². The van der Waals surface area contributed by atoms with Crippen molar-refractivity contribution in [2.24, 2.45) is 30.7 Å². The summed E-state index contributed by atoms with van der Waals surface area (Å²) in [5.41, 5.74) is -6.02. The zero-order chi connectivity index (χ0) is 49.0. The number of aromatic amines is 1. The smallest absolute Gasteiger partial charge is 0.356 e. The molecule has 0 saturated heterocycles. The highest BCUT2D eigenvalue weighted by atomic mass is 32.2. The van der Waals surface area contributed by atoms with E-state index in [4.69, 9.17) is 9.47 Å². The number of rotatable bonds is 18. The Morgan fingerprint density at radius 3 is 1.70 bits per heavy atom. The number of phenols is 1. The van der Waals surface area contributed by atoms with Gasteiger partial charge in [0.2, 0.25) is 0 Å². The fourth-order valence-corrected chi connectivity index (χ4v) is 7.89. The number of nitrogens with one attached hydrogen (secondary N) is 1. The van der Waals surface area contributed by atoms with E-state index in [0.717, 1.165) is 48.5 Å². The molecule has 350 valence electrons. The topological polar surface area (TPSA) is 429 Å². The van der Waals surface area contributed by atoms with Crippen LogP contribution >= 0.6 is 0 Å². The van der Waals surface area contributed by atoms with Crippen molar-refractivity contribution in [1.29, 1.82) is 0 Å². The largest absolute Gasteiger partial charge is 0.505 e. The van der Waals surface area contributed by atoms with Gasteiger partial charge >= 0.3 is 11.9 Å². The molecule has 9 N–H and O–H groups in total. The number of ether oxygens (including phenoxy) is 2. The Kier molecular flexibility index (Phi) is 14.0. The number of aliphatic hydroxyl groups excluding tert-OH is 2. The molecule has 6 rings (SSSR count). The molecule has 0 aliphatic carbocycles. The number of carboxylic acid groups (broad SMARTS) is 2. The van der Waals surface area contributed by atoms with Crippen LogP contribution < -0.4 is 15.0 Å². The highest BCUT2D eigenvalue weighted by Gasteiger charge is 2.29. The lowest BCUT2D eigenvalue weighted by Gasteiger charge is -2.14. The Bertz CT molecular complexity index is 3460. The molecule has 0 amide bonds. The molecule has 0 fully saturated rings. The summed E-state index contributed by atoms with van der Waals surface area (Å²) in [7, 11) is -15.7. The third kappa shape index (κ3) is 10.7. The van der Waals surface area contributed by atoms with Gasteiger partial charge in [0.25, 0.3) is 35.9 Å². The Balaban J connectivity index is 1.49. The van der Waals surface area contributed by atoms with Crippen LogP contribution in [0.25, 0.3) is 16.5 Å². The molecule has 0 atom stereocenters.